The largest absolute Gasteiger partial charge is 0.489 e. The first-order valence-electron chi connectivity index (χ1n) is 13.3. The van der Waals surface area contributed by atoms with Crippen molar-refractivity contribution in [2.24, 2.45) is 11.8 Å². The summed E-state index contributed by atoms with van der Waals surface area (Å²) in [6.07, 6.45) is 11.1. The third kappa shape index (κ3) is 5.70. The van der Waals surface area contributed by atoms with Crippen LogP contribution in [0.25, 0.3) is 5.65 Å². The molecule has 0 spiro atoms. The highest BCUT2D eigenvalue weighted by Crippen LogP contribution is 2.27. The number of carboxylic acids is 1. The molecule has 3 aromatic rings. The van der Waals surface area contributed by atoms with Crippen molar-refractivity contribution in [3.8, 4) is 5.75 Å². The zero-order valence-corrected chi connectivity index (χ0v) is 21.4. The fraction of sp³-hybridized carbons (Fsp3) is 0.500. The van der Waals surface area contributed by atoms with Crippen LogP contribution in [-0.4, -0.2) is 51.0 Å². The number of aryl methyl sites for hydroxylation is 1. The minimum atomic E-state index is -0.719. The van der Waals surface area contributed by atoms with Gasteiger partial charge in [0.05, 0.1) is 18.2 Å². The number of fused-ring (bicyclic) bond motifs is 1. The average molecular weight is 506 g/mol. The summed E-state index contributed by atoms with van der Waals surface area (Å²) in [5.74, 6) is 0.940. The summed E-state index contributed by atoms with van der Waals surface area (Å²) >= 11 is 0. The summed E-state index contributed by atoms with van der Waals surface area (Å²) in [6, 6.07) is 7.69. The highest BCUT2D eigenvalue weighted by atomic mass is 16.5. The van der Waals surface area contributed by atoms with Crippen LogP contribution in [0, 0.1) is 18.8 Å². The van der Waals surface area contributed by atoms with Gasteiger partial charge in [-0.1, -0.05) is 25.3 Å². The third-order valence-corrected chi connectivity index (χ3v) is 7.63. The number of pyridine rings is 2. The molecule has 2 fully saturated rings. The number of nitrogens with one attached hydrogen (secondary N) is 1. The lowest BCUT2D eigenvalue weighted by Gasteiger charge is -2.31. The maximum atomic E-state index is 13.1. The van der Waals surface area contributed by atoms with Crippen molar-refractivity contribution in [1.29, 1.82) is 0 Å². The van der Waals surface area contributed by atoms with Crippen molar-refractivity contribution in [2.45, 2.75) is 58.4 Å². The van der Waals surface area contributed by atoms with Crippen LogP contribution in [-0.2, 0) is 11.3 Å². The van der Waals surface area contributed by atoms with Crippen molar-refractivity contribution in [1.82, 2.24) is 19.7 Å². The zero-order chi connectivity index (χ0) is 25.8. The predicted octanol–water partition coefficient (Wildman–Crippen LogP) is 4.23. The molecule has 1 amide bonds. The molecule has 9 nitrogen and oxygen atoms in total. The van der Waals surface area contributed by atoms with E-state index in [1.807, 2.05) is 41.8 Å². The van der Waals surface area contributed by atoms with E-state index in [9.17, 15) is 14.7 Å². The topological polar surface area (TPSA) is 109 Å². The normalized spacial score (nSPS) is 17.2. The van der Waals surface area contributed by atoms with E-state index >= 15 is 0 Å². The number of nitrogens with zero attached hydrogens (tertiary/aromatic N) is 4. The van der Waals surface area contributed by atoms with E-state index in [1.165, 1.54) is 32.1 Å². The van der Waals surface area contributed by atoms with E-state index < -0.39 is 5.97 Å². The average Bonchev–Trinajstić information content (AvgIpc) is 3.28. The molecule has 9 heteroatoms. The van der Waals surface area contributed by atoms with Gasteiger partial charge in [0.1, 0.15) is 11.5 Å². The van der Waals surface area contributed by atoms with Crippen LogP contribution >= 0.6 is 0 Å². The Morgan fingerprint density at radius 3 is 2.59 bits per heavy atom. The molecule has 1 saturated heterocycles. The summed E-state index contributed by atoms with van der Waals surface area (Å²) in [5.41, 5.74) is 2.72. The number of aliphatic carboxylic acids is 1. The van der Waals surface area contributed by atoms with Crippen LogP contribution in [0.3, 0.4) is 0 Å². The SMILES string of the molecule is Cc1nc2c(OCC3CCCCC3)cccn2c1C(=O)NCc1ccc(N2CCC(C(=O)O)CC2)nc1. The number of hydrogen-bond donors (Lipinski definition) is 2. The van der Waals surface area contributed by atoms with Gasteiger partial charge >= 0.3 is 5.97 Å². The number of rotatable bonds is 8. The van der Waals surface area contributed by atoms with E-state index in [0.717, 1.165) is 11.4 Å². The fourth-order valence-corrected chi connectivity index (χ4v) is 5.43. The standard InChI is InChI=1S/C28H35N5O4/c1-19-25(33-13-5-8-23(26(33)31-19)37-18-20-6-3-2-4-7-20)27(34)30-17-21-9-10-24(29-16-21)32-14-11-22(12-15-32)28(35)36/h5,8-10,13,16,20,22H,2-4,6-7,11-12,14-15,17-18H2,1H3,(H,30,34)(H,35,36). The second kappa shape index (κ2) is 11.2. The lowest BCUT2D eigenvalue weighted by molar-refractivity contribution is -0.142. The second-order valence-corrected chi connectivity index (χ2v) is 10.2. The molecule has 5 rings (SSSR count). The van der Waals surface area contributed by atoms with E-state index in [0.29, 0.717) is 67.8 Å². The fourth-order valence-electron chi connectivity index (χ4n) is 5.43. The van der Waals surface area contributed by atoms with Gasteiger partial charge in [0.25, 0.3) is 5.91 Å². The van der Waals surface area contributed by atoms with Gasteiger partial charge in [0.15, 0.2) is 11.4 Å². The molecule has 1 aliphatic carbocycles. The first-order valence-corrected chi connectivity index (χ1v) is 13.3. The smallest absolute Gasteiger partial charge is 0.306 e. The minimum absolute atomic E-state index is 0.200. The van der Waals surface area contributed by atoms with Crippen molar-refractivity contribution in [2.75, 3.05) is 24.6 Å². The van der Waals surface area contributed by atoms with Crippen molar-refractivity contribution in [3.05, 3.63) is 53.6 Å². The number of carbonyl (C=O) groups excluding carboxylic acids is 1. The molecule has 3 aromatic heterocycles. The van der Waals surface area contributed by atoms with E-state index in [2.05, 4.69) is 20.2 Å². The van der Waals surface area contributed by atoms with Crippen LogP contribution in [0.5, 0.6) is 5.75 Å². The molecule has 1 aliphatic heterocycles. The van der Waals surface area contributed by atoms with Crippen LogP contribution in [0.1, 0.15) is 66.7 Å². The first kappa shape index (κ1) is 25.0. The number of hydrogen-bond acceptors (Lipinski definition) is 6. The monoisotopic (exact) mass is 505 g/mol. The number of amides is 1. The summed E-state index contributed by atoms with van der Waals surface area (Å²) in [4.78, 5) is 35.6. The number of carboxylic acid groups (broad SMARTS) is 1. The molecule has 4 heterocycles. The Morgan fingerprint density at radius 1 is 1.11 bits per heavy atom. The quantitative estimate of drug-likeness (QED) is 0.472. The number of imidazole rings is 1. The maximum Gasteiger partial charge on any atom is 0.306 e. The Hall–Kier alpha value is -3.62. The van der Waals surface area contributed by atoms with Crippen molar-refractivity contribution in [3.63, 3.8) is 0 Å². The predicted molar refractivity (Wildman–Crippen MR) is 140 cm³/mol. The Kier molecular flexibility index (Phi) is 7.58. The highest BCUT2D eigenvalue weighted by molar-refractivity contribution is 5.95. The van der Waals surface area contributed by atoms with Crippen LogP contribution in [0.15, 0.2) is 36.7 Å². The molecule has 1 saturated carbocycles. The van der Waals surface area contributed by atoms with Crippen LogP contribution in [0.2, 0.25) is 0 Å². The zero-order valence-electron chi connectivity index (χ0n) is 21.4. The van der Waals surface area contributed by atoms with E-state index in [-0.39, 0.29) is 11.8 Å². The Labute approximate surface area is 216 Å². The first-order chi connectivity index (χ1) is 18.0. The number of aromatic nitrogens is 3. The number of ether oxygens (including phenoxy) is 1. The van der Waals surface area contributed by atoms with E-state index in [4.69, 9.17) is 4.74 Å². The van der Waals surface area contributed by atoms with Crippen LogP contribution in [0.4, 0.5) is 5.82 Å². The molecule has 2 aliphatic rings. The highest BCUT2D eigenvalue weighted by Gasteiger charge is 2.25. The van der Waals surface area contributed by atoms with Crippen molar-refractivity contribution >= 4 is 23.3 Å². The summed E-state index contributed by atoms with van der Waals surface area (Å²) < 4.78 is 7.97. The Bertz CT molecular complexity index is 1240. The summed E-state index contributed by atoms with van der Waals surface area (Å²) in [6.45, 7) is 4.24. The molecule has 0 atom stereocenters. The lowest BCUT2D eigenvalue weighted by Crippen LogP contribution is -2.36. The molecule has 0 aromatic carbocycles. The molecular formula is C28H35N5O4. The molecular weight excluding hydrogens is 470 g/mol. The third-order valence-electron chi connectivity index (χ3n) is 7.63. The Balaban J connectivity index is 1.20. The van der Waals surface area contributed by atoms with Gasteiger partial charge in [-0.05, 0) is 62.3 Å². The summed E-state index contributed by atoms with van der Waals surface area (Å²) in [5, 5.41) is 12.2. The molecule has 37 heavy (non-hydrogen) atoms. The maximum absolute atomic E-state index is 13.1. The van der Waals surface area contributed by atoms with Gasteiger partial charge in [-0.3, -0.25) is 14.0 Å². The second-order valence-electron chi connectivity index (χ2n) is 10.2. The van der Waals surface area contributed by atoms with Gasteiger partial charge < -0.3 is 20.1 Å². The number of piperidine rings is 1. The molecule has 2 N–H and O–H groups in total. The Morgan fingerprint density at radius 2 is 1.89 bits per heavy atom. The molecule has 0 unspecified atom stereocenters. The van der Waals surface area contributed by atoms with Crippen molar-refractivity contribution < 1.29 is 19.4 Å². The van der Waals surface area contributed by atoms with Gasteiger partial charge in [-0.2, -0.15) is 0 Å². The lowest BCUT2D eigenvalue weighted by atomic mass is 9.90. The van der Waals surface area contributed by atoms with Crippen LogP contribution < -0.4 is 15.0 Å². The number of anilines is 1. The van der Waals surface area contributed by atoms with E-state index in [1.54, 1.807) is 6.20 Å². The number of carbonyl (C=O) groups is 2. The molecule has 0 radical (unpaired) electrons. The van der Waals surface area contributed by atoms with Gasteiger partial charge in [-0.25, -0.2) is 9.97 Å². The minimum Gasteiger partial charge on any atom is -0.489 e. The summed E-state index contributed by atoms with van der Waals surface area (Å²) in [7, 11) is 0. The molecule has 196 valence electrons. The van der Waals surface area contributed by atoms with Gasteiger partial charge in [-0.15, -0.1) is 0 Å². The molecule has 0 bridgehead atoms. The van der Waals surface area contributed by atoms with Gasteiger partial charge in [0, 0.05) is 32.0 Å². The van der Waals surface area contributed by atoms with Gasteiger partial charge in [0.2, 0.25) is 0 Å².